The third kappa shape index (κ3) is 2.09. The van der Waals surface area contributed by atoms with Crippen LogP contribution >= 0.6 is 0 Å². The molecule has 2 aromatic rings. The van der Waals surface area contributed by atoms with Crippen molar-refractivity contribution in [3.63, 3.8) is 0 Å². The maximum Gasteiger partial charge on any atom is 0.0648 e. The summed E-state index contributed by atoms with van der Waals surface area (Å²) in [6, 6.07) is 10.5. The summed E-state index contributed by atoms with van der Waals surface area (Å²) in [6.45, 7) is 6.41. The van der Waals surface area contributed by atoms with Gasteiger partial charge in [-0.15, -0.1) is 0 Å². The predicted octanol–water partition coefficient (Wildman–Crippen LogP) is 3.30. The molecular formula is C13H16N2. The zero-order chi connectivity index (χ0) is 10.8. The van der Waals surface area contributed by atoms with Crippen molar-refractivity contribution in [2.45, 2.75) is 26.7 Å². The van der Waals surface area contributed by atoms with Crippen molar-refractivity contribution in [2.24, 2.45) is 0 Å². The first-order valence-electron chi connectivity index (χ1n) is 5.29. The molecule has 0 atom stereocenters. The molecule has 2 heteroatoms. The van der Waals surface area contributed by atoms with Gasteiger partial charge in [0.25, 0.3) is 0 Å². The molecule has 0 aliphatic heterocycles. The molecule has 0 unspecified atom stereocenters. The highest BCUT2D eigenvalue weighted by atomic mass is 15.3. The van der Waals surface area contributed by atoms with Crippen LogP contribution in [-0.4, -0.2) is 9.78 Å². The van der Waals surface area contributed by atoms with Gasteiger partial charge in [0.2, 0.25) is 0 Å². The molecule has 1 heterocycles. The Bertz CT molecular complexity index is 455. The van der Waals surface area contributed by atoms with E-state index in [2.05, 4.69) is 43.2 Å². The van der Waals surface area contributed by atoms with Crippen LogP contribution in [0.5, 0.6) is 0 Å². The molecule has 0 N–H and O–H groups in total. The van der Waals surface area contributed by atoms with Gasteiger partial charge < -0.3 is 0 Å². The van der Waals surface area contributed by atoms with E-state index in [1.165, 1.54) is 5.56 Å². The van der Waals surface area contributed by atoms with Gasteiger partial charge in [-0.05, 0) is 36.6 Å². The molecule has 0 saturated heterocycles. The van der Waals surface area contributed by atoms with Crippen molar-refractivity contribution in [1.29, 1.82) is 0 Å². The van der Waals surface area contributed by atoms with Crippen LogP contribution in [0.25, 0.3) is 5.69 Å². The lowest BCUT2D eigenvalue weighted by atomic mass is 10.0. The number of benzene rings is 1. The molecule has 0 saturated carbocycles. The minimum absolute atomic E-state index is 0.557. The summed E-state index contributed by atoms with van der Waals surface area (Å²) < 4.78 is 1.92. The Morgan fingerprint density at radius 2 is 2.00 bits per heavy atom. The van der Waals surface area contributed by atoms with Gasteiger partial charge in [0.15, 0.2) is 0 Å². The lowest BCUT2D eigenvalue weighted by Crippen LogP contribution is -1.97. The Morgan fingerprint density at radius 1 is 1.20 bits per heavy atom. The van der Waals surface area contributed by atoms with Crippen LogP contribution in [0.2, 0.25) is 0 Å². The summed E-state index contributed by atoms with van der Waals surface area (Å²) >= 11 is 0. The molecule has 78 valence electrons. The third-order valence-corrected chi connectivity index (χ3v) is 2.52. The molecule has 0 amide bonds. The zero-order valence-electron chi connectivity index (χ0n) is 9.44. The van der Waals surface area contributed by atoms with Crippen molar-refractivity contribution in [2.75, 3.05) is 0 Å². The zero-order valence-corrected chi connectivity index (χ0v) is 9.44. The first-order chi connectivity index (χ1) is 7.16. The van der Waals surface area contributed by atoms with Crippen molar-refractivity contribution >= 4 is 0 Å². The Labute approximate surface area is 90.6 Å². The summed E-state index contributed by atoms with van der Waals surface area (Å²) in [4.78, 5) is 0. The highest BCUT2D eigenvalue weighted by Gasteiger charge is 2.02. The molecule has 0 aliphatic rings. The van der Waals surface area contributed by atoms with E-state index in [-0.39, 0.29) is 0 Å². The van der Waals surface area contributed by atoms with E-state index in [9.17, 15) is 0 Å². The molecular weight excluding hydrogens is 184 g/mol. The molecule has 1 aromatic carbocycles. The van der Waals surface area contributed by atoms with E-state index in [1.54, 1.807) is 0 Å². The normalized spacial score (nSPS) is 10.9. The van der Waals surface area contributed by atoms with Gasteiger partial charge in [-0.2, -0.15) is 5.10 Å². The Kier molecular flexibility index (Phi) is 2.58. The van der Waals surface area contributed by atoms with Crippen molar-refractivity contribution in [3.05, 3.63) is 47.8 Å². The van der Waals surface area contributed by atoms with Crippen LogP contribution in [0.15, 0.2) is 36.5 Å². The Hall–Kier alpha value is -1.57. The fourth-order valence-corrected chi connectivity index (χ4v) is 1.59. The third-order valence-electron chi connectivity index (χ3n) is 2.52. The quantitative estimate of drug-likeness (QED) is 0.727. The summed E-state index contributed by atoms with van der Waals surface area (Å²) in [5.41, 5.74) is 3.53. The van der Waals surface area contributed by atoms with Crippen molar-refractivity contribution < 1.29 is 0 Å². The fourth-order valence-electron chi connectivity index (χ4n) is 1.59. The van der Waals surface area contributed by atoms with Crippen molar-refractivity contribution in [1.82, 2.24) is 9.78 Å². The van der Waals surface area contributed by atoms with Crippen LogP contribution < -0.4 is 0 Å². The second-order valence-electron chi connectivity index (χ2n) is 4.15. The van der Waals surface area contributed by atoms with Crippen LogP contribution in [0, 0.1) is 6.92 Å². The Balaban J connectivity index is 2.41. The highest BCUT2D eigenvalue weighted by Crippen LogP contribution is 2.17. The smallest absolute Gasteiger partial charge is 0.0648 e. The molecule has 1 aromatic heterocycles. The van der Waals surface area contributed by atoms with E-state index in [0.717, 1.165) is 11.4 Å². The van der Waals surface area contributed by atoms with Gasteiger partial charge in [-0.3, -0.25) is 0 Å². The van der Waals surface area contributed by atoms with Crippen LogP contribution in [0.3, 0.4) is 0 Å². The summed E-state index contributed by atoms with van der Waals surface area (Å²) in [5, 5.41) is 4.40. The molecule has 2 rings (SSSR count). The molecule has 0 spiro atoms. The second kappa shape index (κ2) is 3.89. The van der Waals surface area contributed by atoms with Gasteiger partial charge in [0, 0.05) is 6.20 Å². The maximum absolute atomic E-state index is 4.40. The first-order valence-corrected chi connectivity index (χ1v) is 5.29. The average molecular weight is 200 g/mol. The number of aromatic nitrogens is 2. The van der Waals surface area contributed by atoms with Crippen LogP contribution in [-0.2, 0) is 0 Å². The molecule has 0 fully saturated rings. The number of aryl methyl sites for hydroxylation is 1. The summed E-state index contributed by atoms with van der Waals surface area (Å²) in [6.07, 6.45) is 1.99. The van der Waals surface area contributed by atoms with Gasteiger partial charge in [0.1, 0.15) is 0 Å². The van der Waals surface area contributed by atoms with Crippen LogP contribution in [0.4, 0.5) is 0 Å². The van der Waals surface area contributed by atoms with E-state index in [0.29, 0.717) is 5.92 Å². The largest absolute Gasteiger partial charge is 0.241 e. The minimum Gasteiger partial charge on any atom is -0.241 e. The number of hydrogen-bond acceptors (Lipinski definition) is 1. The average Bonchev–Trinajstić information content (AvgIpc) is 2.65. The fraction of sp³-hybridized carbons (Fsp3) is 0.308. The first kappa shape index (κ1) is 9.97. The summed E-state index contributed by atoms with van der Waals surface area (Å²) in [5.74, 6) is 0.557. The summed E-state index contributed by atoms with van der Waals surface area (Å²) in [7, 11) is 0. The van der Waals surface area contributed by atoms with E-state index in [1.807, 2.05) is 23.9 Å². The highest BCUT2D eigenvalue weighted by molar-refractivity contribution is 5.36. The van der Waals surface area contributed by atoms with E-state index >= 15 is 0 Å². The SMILES string of the molecule is Cc1ccn(-c2cccc(C(C)C)c2)n1. The van der Waals surface area contributed by atoms with E-state index < -0.39 is 0 Å². The second-order valence-corrected chi connectivity index (χ2v) is 4.15. The standard InChI is InChI=1S/C13H16N2/c1-10(2)12-5-4-6-13(9-12)15-8-7-11(3)14-15/h4-10H,1-3H3. The van der Waals surface area contributed by atoms with Crippen LogP contribution in [0.1, 0.15) is 31.0 Å². The molecule has 0 bridgehead atoms. The lowest BCUT2D eigenvalue weighted by molar-refractivity contribution is 0.837. The molecule has 0 aliphatic carbocycles. The molecule has 0 radical (unpaired) electrons. The minimum atomic E-state index is 0.557. The number of rotatable bonds is 2. The number of nitrogens with zero attached hydrogens (tertiary/aromatic N) is 2. The maximum atomic E-state index is 4.40. The topological polar surface area (TPSA) is 17.8 Å². The molecule has 2 nitrogen and oxygen atoms in total. The molecule has 15 heavy (non-hydrogen) atoms. The lowest BCUT2D eigenvalue weighted by Gasteiger charge is -2.07. The van der Waals surface area contributed by atoms with Gasteiger partial charge >= 0.3 is 0 Å². The number of hydrogen-bond donors (Lipinski definition) is 0. The van der Waals surface area contributed by atoms with E-state index in [4.69, 9.17) is 0 Å². The van der Waals surface area contributed by atoms with Crippen molar-refractivity contribution in [3.8, 4) is 5.69 Å². The van der Waals surface area contributed by atoms with Gasteiger partial charge in [-0.1, -0.05) is 26.0 Å². The Morgan fingerprint density at radius 3 is 2.60 bits per heavy atom. The van der Waals surface area contributed by atoms with Gasteiger partial charge in [0.05, 0.1) is 11.4 Å². The predicted molar refractivity (Wildman–Crippen MR) is 62.4 cm³/mol. The monoisotopic (exact) mass is 200 g/mol. The van der Waals surface area contributed by atoms with Gasteiger partial charge in [-0.25, -0.2) is 4.68 Å².